The van der Waals surface area contributed by atoms with Crippen LogP contribution in [0.1, 0.15) is 30.9 Å². The third kappa shape index (κ3) is 6.47. The SMILES string of the molecule is CCNC(=NCc1ccccc1CO)NCCCOC1CCOC1. The Kier molecular flexibility index (Phi) is 8.59. The smallest absolute Gasteiger partial charge is 0.191 e. The van der Waals surface area contributed by atoms with Crippen molar-refractivity contribution >= 4 is 5.96 Å². The quantitative estimate of drug-likeness (QED) is 0.362. The average molecular weight is 335 g/mol. The first-order chi connectivity index (χ1) is 11.8. The van der Waals surface area contributed by atoms with Gasteiger partial charge in [-0.2, -0.15) is 0 Å². The van der Waals surface area contributed by atoms with Crippen LogP contribution >= 0.6 is 0 Å². The first-order valence-corrected chi connectivity index (χ1v) is 8.72. The van der Waals surface area contributed by atoms with Crippen LogP contribution in [-0.2, 0) is 22.6 Å². The van der Waals surface area contributed by atoms with Gasteiger partial charge in [0, 0.05) is 26.3 Å². The number of aliphatic hydroxyl groups is 1. The lowest BCUT2D eigenvalue weighted by Gasteiger charge is -2.13. The first kappa shape index (κ1) is 18.7. The third-order valence-corrected chi connectivity index (χ3v) is 3.90. The van der Waals surface area contributed by atoms with E-state index in [1.165, 1.54) is 0 Å². The van der Waals surface area contributed by atoms with E-state index in [-0.39, 0.29) is 12.7 Å². The molecular weight excluding hydrogens is 306 g/mol. The van der Waals surface area contributed by atoms with Crippen LogP contribution in [-0.4, -0.2) is 50.1 Å². The Bertz CT molecular complexity index is 502. The molecule has 1 aromatic carbocycles. The van der Waals surface area contributed by atoms with Gasteiger partial charge in [-0.1, -0.05) is 24.3 Å². The summed E-state index contributed by atoms with van der Waals surface area (Å²) in [4.78, 5) is 4.59. The van der Waals surface area contributed by atoms with E-state index in [1.807, 2.05) is 31.2 Å². The highest BCUT2D eigenvalue weighted by Gasteiger charge is 2.15. The molecule has 0 bridgehead atoms. The maximum Gasteiger partial charge on any atom is 0.191 e. The lowest BCUT2D eigenvalue weighted by Crippen LogP contribution is -2.38. The van der Waals surface area contributed by atoms with Gasteiger partial charge < -0.3 is 25.2 Å². The summed E-state index contributed by atoms with van der Waals surface area (Å²) >= 11 is 0. The van der Waals surface area contributed by atoms with E-state index in [0.717, 1.165) is 62.8 Å². The molecular formula is C18H29N3O3. The Hall–Kier alpha value is -1.63. The molecule has 1 fully saturated rings. The molecule has 0 amide bonds. The molecule has 0 radical (unpaired) electrons. The van der Waals surface area contributed by atoms with Crippen LogP contribution in [0.4, 0.5) is 0 Å². The standard InChI is InChI=1S/C18H29N3O3/c1-2-19-18(20-9-5-10-24-17-8-11-23-14-17)21-12-15-6-3-4-7-16(15)13-22/h3-4,6-7,17,22H,2,5,8-14H2,1H3,(H2,19,20,21). The summed E-state index contributed by atoms with van der Waals surface area (Å²) in [5.41, 5.74) is 1.96. The van der Waals surface area contributed by atoms with Crippen molar-refractivity contribution in [3.63, 3.8) is 0 Å². The predicted octanol–water partition coefficient (Wildman–Crippen LogP) is 1.43. The van der Waals surface area contributed by atoms with Crippen molar-refractivity contribution < 1.29 is 14.6 Å². The van der Waals surface area contributed by atoms with E-state index in [0.29, 0.717) is 6.54 Å². The Labute approximate surface area is 144 Å². The van der Waals surface area contributed by atoms with E-state index >= 15 is 0 Å². The molecule has 24 heavy (non-hydrogen) atoms. The number of ether oxygens (including phenoxy) is 2. The zero-order chi connectivity index (χ0) is 17.0. The molecule has 0 aromatic heterocycles. The van der Waals surface area contributed by atoms with Crippen molar-refractivity contribution in [2.45, 2.75) is 39.0 Å². The minimum atomic E-state index is 0.0396. The van der Waals surface area contributed by atoms with Crippen LogP contribution in [0.15, 0.2) is 29.3 Å². The topological polar surface area (TPSA) is 75.1 Å². The summed E-state index contributed by atoms with van der Waals surface area (Å²) in [6, 6.07) is 7.82. The molecule has 1 aliphatic rings. The summed E-state index contributed by atoms with van der Waals surface area (Å²) in [5.74, 6) is 0.787. The average Bonchev–Trinajstić information content (AvgIpc) is 3.13. The van der Waals surface area contributed by atoms with Gasteiger partial charge in [-0.15, -0.1) is 0 Å². The summed E-state index contributed by atoms with van der Waals surface area (Å²) in [6.45, 7) is 6.51. The maximum absolute atomic E-state index is 9.37. The van der Waals surface area contributed by atoms with Gasteiger partial charge in [0.1, 0.15) is 0 Å². The molecule has 134 valence electrons. The highest BCUT2D eigenvalue weighted by atomic mass is 16.5. The lowest BCUT2D eigenvalue weighted by atomic mass is 10.1. The molecule has 1 unspecified atom stereocenters. The van der Waals surface area contributed by atoms with Gasteiger partial charge in [-0.25, -0.2) is 4.99 Å². The predicted molar refractivity (Wildman–Crippen MR) is 95.0 cm³/mol. The van der Waals surface area contributed by atoms with E-state index in [4.69, 9.17) is 9.47 Å². The lowest BCUT2D eigenvalue weighted by molar-refractivity contribution is 0.0420. The van der Waals surface area contributed by atoms with E-state index in [1.54, 1.807) is 0 Å². The molecule has 1 heterocycles. The summed E-state index contributed by atoms with van der Waals surface area (Å²) < 4.78 is 11.0. The summed E-state index contributed by atoms with van der Waals surface area (Å²) in [7, 11) is 0. The number of nitrogens with one attached hydrogen (secondary N) is 2. The van der Waals surface area contributed by atoms with Crippen molar-refractivity contribution in [3.05, 3.63) is 35.4 Å². The maximum atomic E-state index is 9.37. The Morgan fingerprint density at radius 2 is 2.17 bits per heavy atom. The van der Waals surface area contributed by atoms with Gasteiger partial charge >= 0.3 is 0 Å². The van der Waals surface area contributed by atoms with Gasteiger partial charge in [-0.05, 0) is 30.9 Å². The van der Waals surface area contributed by atoms with Crippen molar-refractivity contribution in [2.24, 2.45) is 4.99 Å². The van der Waals surface area contributed by atoms with Crippen molar-refractivity contribution in [1.82, 2.24) is 10.6 Å². The van der Waals surface area contributed by atoms with Crippen LogP contribution < -0.4 is 10.6 Å². The second kappa shape index (κ2) is 11.0. The first-order valence-electron chi connectivity index (χ1n) is 8.72. The number of aliphatic imine (C=N–C) groups is 1. The zero-order valence-electron chi connectivity index (χ0n) is 14.5. The van der Waals surface area contributed by atoms with E-state index < -0.39 is 0 Å². The molecule has 3 N–H and O–H groups in total. The van der Waals surface area contributed by atoms with E-state index in [9.17, 15) is 5.11 Å². The summed E-state index contributed by atoms with van der Waals surface area (Å²) in [6.07, 6.45) is 2.19. The Morgan fingerprint density at radius 1 is 1.33 bits per heavy atom. The molecule has 0 aliphatic carbocycles. The largest absolute Gasteiger partial charge is 0.392 e. The van der Waals surface area contributed by atoms with Crippen LogP contribution in [0.3, 0.4) is 0 Å². The third-order valence-electron chi connectivity index (χ3n) is 3.90. The van der Waals surface area contributed by atoms with Crippen LogP contribution in [0.2, 0.25) is 0 Å². The highest BCUT2D eigenvalue weighted by molar-refractivity contribution is 5.79. The Balaban J connectivity index is 1.73. The van der Waals surface area contributed by atoms with Crippen LogP contribution in [0, 0.1) is 0 Å². The molecule has 1 aromatic rings. The zero-order valence-corrected chi connectivity index (χ0v) is 14.5. The molecule has 0 spiro atoms. The Morgan fingerprint density at radius 3 is 2.88 bits per heavy atom. The van der Waals surface area contributed by atoms with Crippen LogP contribution in [0.25, 0.3) is 0 Å². The summed E-state index contributed by atoms with van der Waals surface area (Å²) in [5, 5.41) is 15.9. The number of nitrogens with zero attached hydrogens (tertiary/aromatic N) is 1. The fraction of sp³-hybridized carbons (Fsp3) is 0.611. The fourth-order valence-corrected chi connectivity index (χ4v) is 2.55. The number of hydrogen-bond acceptors (Lipinski definition) is 4. The number of guanidine groups is 1. The number of aliphatic hydroxyl groups excluding tert-OH is 1. The molecule has 1 atom stereocenters. The van der Waals surface area contributed by atoms with Gasteiger partial charge in [0.25, 0.3) is 0 Å². The van der Waals surface area contributed by atoms with Crippen molar-refractivity contribution in [3.8, 4) is 0 Å². The minimum Gasteiger partial charge on any atom is -0.392 e. The monoisotopic (exact) mass is 335 g/mol. The molecule has 2 rings (SSSR count). The van der Waals surface area contributed by atoms with Crippen molar-refractivity contribution in [2.75, 3.05) is 32.9 Å². The highest BCUT2D eigenvalue weighted by Crippen LogP contribution is 2.10. The van der Waals surface area contributed by atoms with Gasteiger partial charge in [0.15, 0.2) is 5.96 Å². The molecule has 1 aliphatic heterocycles. The normalized spacial score (nSPS) is 17.9. The van der Waals surface area contributed by atoms with Crippen molar-refractivity contribution in [1.29, 1.82) is 0 Å². The minimum absolute atomic E-state index is 0.0396. The van der Waals surface area contributed by atoms with Gasteiger partial charge in [0.2, 0.25) is 0 Å². The molecule has 1 saturated heterocycles. The molecule has 6 nitrogen and oxygen atoms in total. The fourth-order valence-electron chi connectivity index (χ4n) is 2.55. The molecule has 0 saturated carbocycles. The number of hydrogen-bond donors (Lipinski definition) is 3. The van der Waals surface area contributed by atoms with Gasteiger partial charge in [0.05, 0.1) is 25.9 Å². The number of benzene rings is 1. The van der Waals surface area contributed by atoms with Crippen LogP contribution in [0.5, 0.6) is 0 Å². The second-order valence-electron chi connectivity index (χ2n) is 5.76. The van der Waals surface area contributed by atoms with Gasteiger partial charge in [-0.3, -0.25) is 0 Å². The molecule has 6 heteroatoms. The second-order valence-corrected chi connectivity index (χ2v) is 5.76. The number of rotatable bonds is 9. The van der Waals surface area contributed by atoms with E-state index in [2.05, 4.69) is 15.6 Å².